The quantitative estimate of drug-likeness (QED) is 0.687. The zero-order valence-corrected chi connectivity index (χ0v) is 14.5. The van der Waals surface area contributed by atoms with E-state index in [2.05, 4.69) is 48.0 Å². The van der Waals surface area contributed by atoms with E-state index in [-0.39, 0.29) is 17.2 Å². The van der Waals surface area contributed by atoms with Crippen LogP contribution in [0.1, 0.15) is 36.2 Å². The van der Waals surface area contributed by atoms with Crippen LogP contribution in [0.5, 0.6) is 0 Å². The molecule has 24 heavy (non-hydrogen) atoms. The van der Waals surface area contributed by atoms with Crippen LogP contribution in [-0.2, 0) is 23.2 Å². The number of halogens is 1. The van der Waals surface area contributed by atoms with Gasteiger partial charge in [0, 0.05) is 30.3 Å². The first kappa shape index (κ1) is 16.5. The highest BCUT2D eigenvalue weighted by atomic mass is 35.5. The number of hydrogen-bond donors (Lipinski definition) is 1. The first-order chi connectivity index (χ1) is 11.5. The Kier molecular flexibility index (Phi) is 4.29. The second-order valence-corrected chi connectivity index (χ2v) is 6.78. The van der Waals surface area contributed by atoms with Crippen molar-refractivity contribution in [2.45, 2.75) is 32.2 Å². The van der Waals surface area contributed by atoms with Crippen LogP contribution in [0.25, 0.3) is 5.69 Å². The minimum absolute atomic E-state index is 0.0284. The van der Waals surface area contributed by atoms with Gasteiger partial charge in [-0.05, 0) is 31.0 Å². The molecule has 5 heteroatoms. The number of benzene rings is 1. The van der Waals surface area contributed by atoms with Gasteiger partial charge in [-0.2, -0.15) is 9.83 Å². The summed E-state index contributed by atoms with van der Waals surface area (Å²) in [7, 11) is 0. The molecule has 0 spiro atoms. The lowest BCUT2D eigenvalue weighted by atomic mass is 9.82. The molecule has 1 aliphatic rings. The highest BCUT2D eigenvalue weighted by Gasteiger charge is 2.43. The number of pyridine rings is 1. The minimum atomic E-state index is -0.171. The molecule has 0 unspecified atom stereocenters. The van der Waals surface area contributed by atoms with Gasteiger partial charge in [-0.25, -0.2) is 0 Å². The lowest BCUT2D eigenvalue weighted by Crippen LogP contribution is -2.34. The smallest absolute Gasteiger partial charge is 0.235 e. The fourth-order valence-electron chi connectivity index (χ4n) is 3.23. The number of rotatable bonds is 4. The first-order valence-corrected chi connectivity index (χ1v) is 8.39. The Hall–Kier alpha value is -2.38. The van der Waals surface area contributed by atoms with Crippen molar-refractivity contribution in [2.24, 2.45) is 0 Å². The fraction of sp³-hybridized carbons (Fsp3) is 0.316. The summed E-state index contributed by atoms with van der Waals surface area (Å²) >= 11 is 5.52. The number of aromatic nitrogens is 1. The third-order valence-corrected chi connectivity index (χ3v) is 4.79. The molecule has 0 aliphatic carbocycles. The highest BCUT2D eigenvalue weighted by Crippen LogP contribution is 2.38. The molecule has 0 radical (unpaired) electrons. The van der Waals surface area contributed by atoms with Crippen LogP contribution in [0.15, 0.2) is 36.5 Å². The monoisotopic (exact) mass is 340 g/mol. The molecule has 3 rings (SSSR count). The molecular formula is C19H19ClN3O+. The van der Waals surface area contributed by atoms with Crippen LogP contribution in [0.4, 0.5) is 0 Å². The average molecular weight is 341 g/mol. The molecule has 2 heterocycles. The van der Waals surface area contributed by atoms with Crippen LogP contribution in [0, 0.1) is 11.3 Å². The van der Waals surface area contributed by atoms with Crippen LogP contribution in [0.2, 0.25) is 0 Å². The van der Waals surface area contributed by atoms with Gasteiger partial charge in [-0.15, -0.1) is 11.6 Å². The van der Waals surface area contributed by atoms with Crippen molar-refractivity contribution < 1.29 is 9.36 Å². The summed E-state index contributed by atoms with van der Waals surface area (Å²) in [6.45, 7) is 4.83. The summed E-state index contributed by atoms with van der Waals surface area (Å²) < 4.78 is 2.18. The maximum absolute atomic E-state index is 11.4. The zero-order valence-electron chi connectivity index (χ0n) is 13.8. The second kappa shape index (κ2) is 6.26. The van der Waals surface area contributed by atoms with E-state index < -0.39 is 0 Å². The Morgan fingerprint density at radius 3 is 2.79 bits per heavy atom. The van der Waals surface area contributed by atoms with Gasteiger partial charge < -0.3 is 5.32 Å². The van der Waals surface area contributed by atoms with Crippen LogP contribution < -0.4 is 9.88 Å². The molecular weight excluding hydrogens is 322 g/mol. The molecule has 1 aliphatic heterocycles. The normalized spacial score (nSPS) is 13.8. The third kappa shape index (κ3) is 2.76. The predicted octanol–water partition coefficient (Wildman–Crippen LogP) is 2.52. The minimum Gasteiger partial charge on any atom is -0.351 e. The molecule has 1 aromatic heterocycles. The molecule has 2 aromatic rings. The Labute approximate surface area is 146 Å². The zero-order chi connectivity index (χ0) is 17.3. The highest BCUT2D eigenvalue weighted by molar-refractivity contribution is 6.27. The van der Waals surface area contributed by atoms with Crippen molar-refractivity contribution in [1.29, 1.82) is 5.26 Å². The van der Waals surface area contributed by atoms with Gasteiger partial charge in [-0.1, -0.05) is 6.07 Å². The van der Waals surface area contributed by atoms with E-state index in [0.29, 0.717) is 13.0 Å². The van der Waals surface area contributed by atoms with Crippen molar-refractivity contribution >= 4 is 17.5 Å². The average Bonchev–Trinajstić information content (AvgIpc) is 2.80. The van der Waals surface area contributed by atoms with Gasteiger partial charge in [0.25, 0.3) is 0 Å². The lowest BCUT2D eigenvalue weighted by Gasteiger charge is -2.15. The van der Waals surface area contributed by atoms with Crippen molar-refractivity contribution in [3.63, 3.8) is 0 Å². The van der Waals surface area contributed by atoms with E-state index in [1.165, 1.54) is 11.3 Å². The number of hydrogen-bond acceptors (Lipinski definition) is 2. The number of amides is 1. The Morgan fingerprint density at radius 1 is 1.29 bits per heavy atom. The van der Waals surface area contributed by atoms with E-state index in [9.17, 15) is 4.79 Å². The number of nitrogens with zero attached hydrogens (tertiary/aromatic N) is 2. The van der Waals surface area contributed by atoms with Crippen molar-refractivity contribution in [1.82, 2.24) is 5.32 Å². The molecule has 0 fully saturated rings. The number of alkyl halides is 1. The van der Waals surface area contributed by atoms with Gasteiger partial charge in [0.1, 0.15) is 5.88 Å². The molecule has 1 aromatic carbocycles. The summed E-state index contributed by atoms with van der Waals surface area (Å²) in [5.74, 6) is -0.199. The van der Waals surface area contributed by atoms with E-state index in [1.807, 2.05) is 18.3 Å². The van der Waals surface area contributed by atoms with Crippen molar-refractivity contribution in [3.8, 4) is 11.8 Å². The van der Waals surface area contributed by atoms with Crippen molar-refractivity contribution in [3.05, 3.63) is 58.9 Å². The van der Waals surface area contributed by atoms with Crippen LogP contribution >= 0.6 is 11.6 Å². The van der Waals surface area contributed by atoms with E-state index in [4.69, 9.17) is 16.9 Å². The number of nitriles is 1. The van der Waals surface area contributed by atoms with Crippen LogP contribution in [-0.4, -0.2) is 11.8 Å². The number of carbonyl (C=O) groups is 1. The summed E-state index contributed by atoms with van der Waals surface area (Å²) in [5.41, 5.74) is 5.45. The molecule has 1 N–H and O–H groups in total. The molecule has 0 bridgehead atoms. The molecule has 0 atom stereocenters. The van der Waals surface area contributed by atoms with Gasteiger partial charge in [-0.3, -0.25) is 4.79 Å². The summed E-state index contributed by atoms with van der Waals surface area (Å²) in [4.78, 5) is 11.4. The summed E-state index contributed by atoms with van der Waals surface area (Å²) in [6.07, 6.45) is 2.44. The lowest BCUT2D eigenvalue weighted by molar-refractivity contribution is -0.599. The van der Waals surface area contributed by atoms with Gasteiger partial charge in [0.2, 0.25) is 11.6 Å². The van der Waals surface area contributed by atoms with Crippen molar-refractivity contribution in [2.75, 3.05) is 5.88 Å². The van der Waals surface area contributed by atoms with Gasteiger partial charge in [0.05, 0.1) is 17.9 Å². The molecule has 0 saturated carbocycles. The fourth-order valence-corrected chi connectivity index (χ4v) is 3.32. The molecule has 0 saturated heterocycles. The molecule has 1 amide bonds. The Morgan fingerprint density at radius 2 is 2.08 bits per heavy atom. The number of carbonyl (C=O) groups excluding carboxylic acids is 1. The molecule has 122 valence electrons. The number of fused-ring (bicyclic) bond motifs is 3. The van der Waals surface area contributed by atoms with E-state index >= 15 is 0 Å². The predicted molar refractivity (Wildman–Crippen MR) is 92.0 cm³/mol. The van der Waals surface area contributed by atoms with E-state index in [1.54, 1.807) is 0 Å². The maximum atomic E-state index is 11.4. The Bertz CT molecular complexity index is 852. The SMILES string of the molecule is CC1(C)c2cc(CNC(=O)CCl)ccc2-[n+]2ccc(CC#N)cc21. The maximum Gasteiger partial charge on any atom is 0.235 e. The summed E-state index contributed by atoms with van der Waals surface area (Å²) in [5, 5.41) is 11.7. The second-order valence-electron chi connectivity index (χ2n) is 6.51. The molecule has 4 nitrogen and oxygen atoms in total. The van der Waals surface area contributed by atoms with E-state index in [0.717, 1.165) is 16.8 Å². The summed E-state index contributed by atoms with van der Waals surface area (Å²) in [6, 6.07) is 12.6. The third-order valence-electron chi connectivity index (χ3n) is 4.55. The number of nitrogens with one attached hydrogen (secondary N) is 1. The first-order valence-electron chi connectivity index (χ1n) is 7.86. The standard InChI is InChI=1S/C19H18ClN3O/c1-19(2)15-9-14(12-22-18(24)11-20)3-4-16(15)23-8-6-13(5-7-21)10-17(19)23/h3-4,6,8-10H,5,11-12H2,1-2H3/p+1. The largest absolute Gasteiger partial charge is 0.351 e. The van der Waals surface area contributed by atoms with Crippen LogP contribution in [0.3, 0.4) is 0 Å². The van der Waals surface area contributed by atoms with Gasteiger partial charge in [0.15, 0.2) is 11.9 Å². The topological polar surface area (TPSA) is 56.8 Å². The van der Waals surface area contributed by atoms with Gasteiger partial charge >= 0.3 is 0 Å². The Balaban J connectivity index is 1.98.